The Balaban J connectivity index is 1.89. The molecule has 0 saturated carbocycles. The summed E-state index contributed by atoms with van der Waals surface area (Å²) < 4.78 is 25.1. The maximum absolute atomic E-state index is 12.6. The van der Waals surface area contributed by atoms with Crippen LogP contribution >= 0.6 is 0 Å². The molecule has 0 aliphatic carbocycles. The molecule has 0 atom stereocenters. The van der Waals surface area contributed by atoms with E-state index in [9.17, 15) is 8.78 Å². The first kappa shape index (κ1) is 10.6. The van der Waals surface area contributed by atoms with Crippen LogP contribution in [0.15, 0.2) is 24.3 Å². The minimum absolute atomic E-state index is 0.0947. The van der Waals surface area contributed by atoms with Crippen LogP contribution in [0.4, 0.5) is 8.78 Å². The second-order valence-electron chi connectivity index (χ2n) is 4.17. The van der Waals surface area contributed by atoms with Gasteiger partial charge >= 0.3 is 0 Å². The van der Waals surface area contributed by atoms with Crippen molar-refractivity contribution in [1.82, 2.24) is 4.90 Å². The highest BCUT2D eigenvalue weighted by Crippen LogP contribution is 2.27. The molecule has 1 aliphatic heterocycles. The molecule has 2 rings (SSSR count). The van der Waals surface area contributed by atoms with Gasteiger partial charge in [-0.15, -0.1) is 0 Å². The number of rotatable bonds is 3. The lowest BCUT2D eigenvalue weighted by Crippen LogP contribution is -2.55. The van der Waals surface area contributed by atoms with E-state index in [-0.39, 0.29) is 13.1 Å². The first-order valence-electron chi connectivity index (χ1n) is 5.27. The van der Waals surface area contributed by atoms with E-state index in [1.54, 1.807) is 4.90 Å². The van der Waals surface area contributed by atoms with Gasteiger partial charge in [0, 0.05) is 6.54 Å². The number of halogens is 2. The normalized spacial score (nSPS) is 19.9. The SMILES string of the molecule is CCc1ccc(CN2CC(F)(F)C2)cc1. The van der Waals surface area contributed by atoms with E-state index < -0.39 is 5.92 Å². The summed E-state index contributed by atoms with van der Waals surface area (Å²) in [5, 5.41) is 0. The Bertz CT molecular complexity index is 324. The van der Waals surface area contributed by atoms with Crippen molar-refractivity contribution in [2.75, 3.05) is 13.1 Å². The molecule has 0 N–H and O–H groups in total. The molecule has 15 heavy (non-hydrogen) atoms. The summed E-state index contributed by atoms with van der Waals surface area (Å²) >= 11 is 0. The van der Waals surface area contributed by atoms with Gasteiger partial charge in [0.15, 0.2) is 0 Å². The number of hydrogen-bond acceptors (Lipinski definition) is 1. The standard InChI is InChI=1S/C12H15F2N/c1-2-10-3-5-11(6-4-10)7-15-8-12(13,14)9-15/h3-6H,2,7-9H2,1H3. The van der Waals surface area contributed by atoms with Gasteiger partial charge in [-0.1, -0.05) is 31.2 Å². The van der Waals surface area contributed by atoms with Crippen LogP contribution in [0.3, 0.4) is 0 Å². The van der Waals surface area contributed by atoms with Crippen molar-refractivity contribution in [1.29, 1.82) is 0 Å². The molecule has 0 radical (unpaired) electrons. The Labute approximate surface area is 88.7 Å². The molecule has 1 heterocycles. The molecule has 3 heteroatoms. The molecule has 82 valence electrons. The van der Waals surface area contributed by atoms with Crippen LogP contribution in [0.25, 0.3) is 0 Å². The summed E-state index contributed by atoms with van der Waals surface area (Å²) in [5.41, 5.74) is 2.40. The molecule has 0 bridgehead atoms. The third-order valence-electron chi connectivity index (χ3n) is 2.75. The van der Waals surface area contributed by atoms with Gasteiger partial charge in [-0.3, -0.25) is 4.90 Å². The topological polar surface area (TPSA) is 3.24 Å². The van der Waals surface area contributed by atoms with Crippen molar-refractivity contribution in [3.05, 3.63) is 35.4 Å². The first-order chi connectivity index (χ1) is 7.09. The fourth-order valence-electron chi connectivity index (χ4n) is 1.86. The van der Waals surface area contributed by atoms with Gasteiger partial charge in [-0.25, -0.2) is 8.78 Å². The molecule has 1 aliphatic rings. The lowest BCUT2D eigenvalue weighted by Gasteiger charge is -2.38. The van der Waals surface area contributed by atoms with Crippen LogP contribution in [0.1, 0.15) is 18.1 Å². The molecule has 0 amide bonds. The van der Waals surface area contributed by atoms with Crippen LogP contribution in [0.2, 0.25) is 0 Å². The first-order valence-corrected chi connectivity index (χ1v) is 5.27. The van der Waals surface area contributed by atoms with Gasteiger partial charge in [0.2, 0.25) is 0 Å². The van der Waals surface area contributed by atoms with Gasteiger partial charge in [0.25, 0.3) is 5.92 Å². The van der Waals surface area contributed by atoms with Crippen molar-refractivity contribution in [2.24, 2.45) is 0 Å². The second-order valence-corrected chi connectivity index (χ2v) is 4.17. The Morgan fingerprint density at radius 2 is 1.67 bits per heavy atom. The predicted molar refractivity (Wildman–Crippen MR) is 56.0 cm³/mol. The largest absolute Gasteiger partial charge is 0.287 e. The van der Waals surface area contributed by atoms with Gasteiger partial charge < -0.3 is 0 Å². The monoisotopic (exact) mass is 211 g/mol. The van der Waals surface area contributed by atoms with E-state index in [2.05, 4.69) is 19.1 Å². The van der Waals surface area contributed by atoms with Crippen molar-refractivity contribution in [3.63, 3.8) is 0 Å². The number of alkyl halides is 2. The summed E-state index contributed by atoms with van der Waals surface area (Å²) in [6.07, 6.45) is 1.02. The molecule has 1 aromatic rings. The molecule has 0 unspecified atom stereocenters. The van der Waals surface area contributed by atoms with E-state index in [1.165, 1.54) is 5.56 Å². The third-order valence-corrected chi connectivity index (χ3v) is 2.75. The third kappa shape index (κ3) is 2.53. The van der Waals surface area contributed by atoms with Gasteiger partial charge in [0.1, 0.15) is 0 Å². The molecular weight excluding hydrogens is 196 g/mol. The second kappa shape index (κ2) is 3.89. The van der Waals surface area contributed by atoms with Crippen LogP contribution < -0.4 is 0 Å². The molecule has 0 aromatic heterocycles. The number of hydrogen-bond donors (Lipinski definition) is 0. The fraction of sp³-hybridized carbons (Fsp3) is 0.500. The highest BCUT2D eigenvalue weighted by atomic mass is 19.3. The van der Waals surface area contributed by atoms with Crippen LogP contribution in [-0.2, 0) is 13.0 Å². The summed E-state index contributed by atoms with van der Waals surface area (Å²) in [6.45, 7) is 2.55. The zero-order valence-electron chi connectivity index (χ0n) is 8.84. The van der Waals surface area contributed by atoms with E-state index in [4.69, 9.17) is 0 Å². The average molecular weight is 211 g/mol. The van der Waals surface area contributed by atoms with E-state index in [0.29, 0.717) is 6.54 Å². The lowest BCUT2D eigenvalue weighted by atomic mass is 10.1. The van der Waals surface area contributed by atoms with E-state index >= 15 is 0 Å². The van der Waals surface area contributed by atoms with E-state index in [1.807, 2.05) is 12.1 Å². The minimum Gasteiger partial charge on any atom is -0.287 e. The Morgan fingerprint density at radius 3 is 2.13 bits per heavy atom. The molecule has 0 spiro atoms. The number of benzene rings is 1. The minimum atomic E-state index is -2.46. The van der Waals surface area contributed by atoms with Crippen LogP contribution in [-0.4, -0.2) is 23.9 Å². The highest BCUT2D eigenvalue weighted by molar-refractivity contribution is 5.22. The number of likely N-dealkylation sites (tertiary alicyclic amines) is 1. The van der Waals surface area contributed by atoms with Crippen molar-refractivity contribution < 1.29 is 8.78 Å². The molecular formula is C12H15F2N. The highest BCUT2D eigenvalue weighted by Gasteiger charge is 2.43. The van der Waals surface area contributed by atoms with Crippen molar-refractivity contribution in [3.8, 4) is 0 Å². The molecule has 1 fully saturated rings. The zero-order valence-corrected chi connectivity index (χ0v) is 8.84. The Morgan fingerprint density at radius 1 is 1.13 bits per heavy atom. The summed E-state index contributed by atoms with van der Waals surface area (Å²) in [5.74, 6) is -2.46. The number of nitrogens with zero attached hydrogens (tertiary/aromatic N) is 1. The lowest BCUT2D eigenvalue weighted by molar-refractivity contribution is -0.133. The average Bonchev–Trinajstić information content (AvgIpc) is 2.16. The quantitative estimate of drug-likeness (QED) is 0.743. The van der Waals surface area contributed by atoms with Gasteiger partial charge in [-0.05, 0) is 17.5 Å². The van der Waals surface area contributed by atoms with E-state index in [0.717, 1.165) is 12.0 Å². The van der Waals surface area contributed by atoms with Gasteiger partial charge in [-0.2, -0.15) is 0 Å². The zero-order chi connectivity index (χ0) is 10.9. The smallest absolute Gasteiger partial charge is 0.272 e. The van der Waals surface area contributed by atoms with Crippen molar-refractivity contribution >= 4 is 0 Å². The predicted octanol–water partition coefficient (Wildman–Crippen LogP) is 2.70. The fourth-order valence-corrected chi connectivity index (χ4v) is 1.86. The maximum atomic E-state index is 12.6. The summed E-state index contributed by atoms with van der Waals surface area (Å²) in [7, 11) is 0. The molecule has 1 aromatic carbocycles. The molecule has 1 nitrogen and oxygen atoms in total. The molecule has 1 saturated heterocycles. The Hall–Kier alpha value is -0.960. The van der Waals surface area contributed by atoms with Crippen molar-refractivity contribution in [2.45, 2.75) is 25.8 Å². The summed E-state index contributed by atoms with van der Waals surface area (Å²) in [4.78, 5) is 1.76. The summed E-state index contributed by atoms with van der Waals surface area (Å²) in [6, 6.07) is 8.17. The van der Waals surface area contributed by atoms with Gasteiger partial charge in [0.05, 0.1) is 13.1 Å². The number of aryl methyl sites for hydroxylation is 1. The van der Waals surface area contributed by atoms with Crippen LogP contribution in [0.5, 0.6) is 0 Å². The Kier molecular flexibility index (Phi) is 2.74. The van der Waals surface area contributed by atoms with Crippen LogP contribution in [0, 0.1) is 0 Å². The maximum Gasteiger partial charge on any atom is 0.272 e.